The van der Waals surface area contributed by atoms with Crippen LogP contribution in [0.4, 0.5) is 5.69 Å². The average Bonchev–Trinajstić information content (AvgIpc) is 3.56. The highest BCUT2D eigenvalue weighted by molar-refractivity contribution is 8.15. The Morgan fingerprint density at radius 3 is 2.54 bits per heavy atom. The maximum atomic E-state index is 12.7. The summed E-state index contributed by atoms with van der Waals surface area (Å²) in [5, 5.41) is 5.03. The molecule has 0 saturated carbocycles. The van der Waals surface area contributed by atoms with Crippen molar-refractivity contribution in [3.8, 4) is 17.1 Å². The Hall–Kier alpha value is -4.30. The fourth-order valence-electron chi connectivity index (χ4n) is 4.27. The van der Waals surface area contributed by atoms with Crippen molar-refractivity contribution < 1.29 is 9.59 Å². The van der Waals surface area contributed by atoms with Crippen LogP contribution in [0.3, 0.4) is 0 Å². The summed E-state index contributed by atoms with van der Waals surface area (Å²) in [5.41, 5.74) is 5.86. The first-order valence-corrected chi connectivity index (χ1v) is 13.8. The Morgan fingerprint density at radius 1 is 1.05 bits per heavy atom. The molecule has 1 saturated heterocycles. The second-order valence-corrected chi connectivity index (χ2v) is 10.5. The fourth-order valence-corrected chi connectivity index (χ4v) is 5.15. The van der Waals surface area contributed by atoms with Gasteiger partial charge in [0.1, 0.15) is 6.33 Å². The highest BCUT2D eigenvalue weighted by Gasteiger charge is 2.32. The largest absolute Gasteiger partial charge is 0.273 e. The van der Waals surface area contributed by atoms with E-state index < -0.39 is 0 Å². The second-order valence-electron chi connectivity index (χ2n) is 9.60. The monoisotopic (exact) mass is 535 g/mol. The Kier molecular flexibility index (Phi) is 7.84. The molecule has 0 unspecified atom stereocenters. The summed E-state index contributed by atoms with van der Waals surface area (Å²) in [7, 11) is 0. The van der Waals surface area contributed by atoms with E-state index in [1.807, 2.05) is 78.9 Å². The fraction of sp³-hybridized carbons (Fsp3) is 0.194. The number of anilines is 1. The van der Waals surface area contributed by atoms with Gasteiger partial charge in [-0.15, -0.1) is 5.10 Å². The van der Waals surface area contributed by atoms with E-state index in [0.717, 1.165) is 28.1 Å². The van der Waals surface area contributed by atoms with Crippen LogP contribution in [0.1, 0.15) is 42.9 Å². The van der Waals surface area contributed by atoms with Gasteiger partial charge in [-0.3, -0.25) is 14.5 Å². The molecule has 1 aliphatic heterocycles. The highest BCUT2D eigenvalue weighted by atomic mass is 32.2. The molecule has 4 aromatic rings. The minimum absolute atomic E-state index is 0.0616. The van der Waals surface area contributed by atoms with Gasteiger partial charge in [0.2, 0.25) is 5.91 Å². The molecule has 2 heterocycles. The van der Waals surface area contributed by atoms with Gasteiger partial charge in [-0.05, 0) is 42.2 Å². The van der Waals surface area contributed by atoms with E-state index >= 15 is 0 Å². The van der Waals surface area contributed by atoms with Crippen molar-refractivity contribution in [3.63, 3.8) is 0 Å². The zero-order chi connectivity index (χ0) is 27.4. The third-order valence-corrected chi connectivity index (χ3v) is 7.27. The van der Waals surface area contributed by atoms with E-state index in [1.54, 1.807) is 22.0 Å². The molecule has 0 aliphatic carbocycles. The summed E-state index contributed by atoms with van der Waals surface area (Å²) in [6.07, 6.45) is 5.53. The normalized spacial score (nSPS) is 14.7. The van der Waals surface area contributed by atoms with Crippen molar-refractivity contribution >= 4 is 40.5 Å². The Morgan fingerprint density at radius 2 is 1.79 bits per heavy atom. The van der Waals surface area contributed by atoms with E-state index in [2.05, 4.69) is 35.8 Å². The molecule has 7 nitrogen and oxygen atoms in total. The number of aromatic nitrogens is 3. The zero-order valence-corrected chi connectivity index (χ0v) is 22.9. The van der Waals surface area contributed by atoms with Crippen molar-refractivity contribution in [1.29, 1.82) is 0 Å². The molecular weight excluding hydrogens is 506 g/mol. The van der Waals surface area contributed by atoms with Crippen LogP contribution in [-0.4, -0.2) is 37.5 Å². The summed E-state index contributed by atoms with van der Waals surface area (Å²) >= 11 is 1.30. The molecule has 5 rings (SSSR count). The molecule has 196 valence electrons. The quantitative estimate of drug-likeness (QED) is 0.272. The molecule has 39 heavy (non-hydrogen) atoms. The zero-order valence-electron chi connectivity index (χ0n) is 22.1. The molecular formula is C31H29N5O2S. The smallest absolute Gasteiger partial charge is 0.251 e. The summed E-state index contributed by atoms with van der Waals surface area (Å²) in [5.74, 6) is 0.806. The maximum absolute atomic E-state index is 12.7. The van der Waals surface area contributed by atoms with Gasteiger partial charge in [0.15, 0.2) is 11.0 Å². The van der Waals surface area contributed by atoms with Crippen LogP contribution in [0.15, 0.2) is 90.2 Å². The summed E-state index contributed by atoms with van der Waals surface area (Å²) < 4.78 is 1.76. The lowest BCUT2D eigenvalue weighted by Gasteiger charge is -2.21. The molecule has 1 aromatic heterocycles. The molecule has 2 amide bonds. The van der Waals surface area contributed by atoms with Crippen LogP contribution < -0.4 is 4.90 Å². The van der Waals surface area contributed by atoms with Crippen molar-refractivity contribution in [1.82, 2.24) is 14.8 Å². The highest BCUT2D eigenvalue weighted by Crippen LogP contribution is 2.33. The van der Waals surface area contributed by atoms with Gasteiger partial charge >= 0.3 is 0 Å². The van der Waals surface area contributed by atoms with Crippen LogP contribution in [0.2, 0.25) is 0 Å². The summed E-state index contributed by atoms with van der Waals surface area (Å²) in [6, 6.07) is 23.7. The minimum Gasteiger partial charge on any atom is -0.273 e. The Bertz CT molecular complexity index is 1550. The van der Waals surface area contributed by atoms with Gasteiger partial charge in [-0.1, -0.05) is 97.9 Å². The van der Waals surface area contributed by atoms with E-state index in [-0.39, 0.29) is 29.9 Å². The number of nitrogens with zero attached hydrogens (tertiary/aromatic N) is 5. The van der Waals surface area contributed by atoms with Crippen molar-refractivity contribution in [3.05, 3.63) is 102 Å². The average molecular weight is 536 g/mol. The van der Waals surface area contributed by atoms with Gasteiger partial charge in [0.05, 0.1) is 17.1 Å². The Labute approximate surface area is 232 Å². The third kappa shape index (κ3) is 6.07. The number of benzene rings is 3. The number of carbonyl (C=O) groups excluding carboxylic acids is 2. The molecule has 0 spiro atoms. The first-order valence-electron chi connectivity index (χ1n) is 12.8. The predicted molar refractivity (Wildman–Crippen MR) is 158 cm³/mol. The number of amidine groups is 1. The lowest BCUT2D eigenvalue weighted by Crippen LogP contribution is -2.30. The molecule has 0 radical (unpaired) electrons. The number of hydrogen-bond donors (Lipinski definition) is 0. The van der Waals surface area contributed by atoms with E-state index in [9.17, 15) is 9.59 Å². The molecule has 1 fully saturated rings. The summed E-state index contributed by atoms with van der Waals surface area (Å²) in [4.78, 5) is 35.6. The van der Waals surface area contributed by atoms with Gasteiger partial charge < -0.3 is 0 Å². The van der Waals surface area contributed by atoms with Crippen LogP contribution in [0.5, 0.6) is 0 Å². The molecule has 8 heteroatoms. The molecule has 3 aromatic carbocycles. The van der Waals surface area contributed by atoms with Gasteiger partial charge in [0.25, 0.3) is 5.91 Å². The third-order valence-electron chi connectivity index (χ3n) is 6.35. The van der Waals surface area contributed by atoms with Crippen LogP contribution >= 0.6 is 11.8 Å². The summed E-state index contributed by atoms with van der Waals surface area (Å²) in [6.45, 7) is 6.22. The van der Waals surface area contributed by atoms with Gasteiger partial charge in [0, 0.05) is 12.0 Å². The first kappa shape index (κ1) is 26.3. The van der Waals surface area contributed by atoms with Crippen LogP contribution in [0, 0.1) is 6.92 Å². The number of thioether (sulfide) groups is 1. The predicted octanol–water partition coefficient (Wildman–Crippen LogP) is 6.43. The standard InChI is InChI=1S/C31H29N5O2S/c1-21(2)26-8-4-5-9-27(26)36-29(38)19-39-31(36)33-28(37)10-6-7-23-13-15-24(16-14-23)30-32-20-35(34-30)25-17-11-22(3)12-18-25/h4-9,11-18,20-21H,10,19H2,1-3H3/b7-6+,33-31?. The SMILES string of the molecule is Cc1ccc(-n2cnc(-c3ccc(/C=C/CC(=O)N=C4SCC(=O)N4c4ccccc4C(C)C)cc3)n2)cc1. The van der Waals surface area contributed by atoms with Crippen molar-refractivity contribution in [2.75, 3.05) is 10.7 Å². The lowest BCUT2D eigenvalue weighted by molar-refractivity contribution is -0.117. The molecule has 0 N–H and O–H groups in total. The first-order chi connectivity index (χ1) is 18.9. The number of amides is 2. The maximum Gasteiger partial charge on any atom is 0.251 e. The van der Waals surface area contributed by atoms with Gasteiger partial charge in [-0.2, -0.15) is 4.99 Å². The molecule has 1 aliphatic rings. The number of carbonyl (C=O) groups is 2. The molecule has 0 bridgehead atoms. The lowest BCUT2D eigenvalue weighted by atomic mass is 10.0. The topological polar surface area (TPSA) is 80.4 Å². The number of rotatable bonds is 7. The molecule has 0 atom stereocenters. The Balaban J connectivity index is 1.23. The van der Waals surface area contributed by atoms with E-state index in [4.69, 9.17) is 0 Å². The van der Waals surface area contributed by atoms with E-state index in [0.29, 0.717) is 11.0 Å². The number of aliphatic imine (C=N–C) groups is 1. The van der Waals surface area contributed by atoms with E-state index in [1.165, 1.54) is 17.3 Å². The number of hydrogen-bond acceptors (Lipinski definition) is 5. The van der Waals surface area contributed by atoms with Crippen molar-refractivity contribution in [2.24, 2.45) is 4.99 Å². The second kappa shape index (κ2) is 11.6. The minimum atomic E-state index is -0.294. The van der Waals surface area contributed by atoms with Crippen molar-refractivity contribution in [2.45, 2.75) is 33.1 Å². The number of para-hydroxylation sites is 1. The van der Waals surface area contributed by atoms with Crippen LogP contribution in [-0.2, 0) is 9.59 Å². The van der Waals surface area contributed by atoms with Crippen LogP contribution in [0.25, 0.3) is 23.2 Å². The van der Waals surface area contributed by atoms with Gasteiger partial charge in [-0.25, -0.2) is 9.67 Å². The number of aryl methyl sites for hydroxylation is 1.